The van der Waals surface area contributed by atoms with Crippen molar-refractivity contribution in [1.29, 1.82) is 0 Å². The number of Topliss-reactive ketones (excluding diaryl/α,β-unsaturated/α-hetero) is 1. The molecule has 46 heavy (non-hydrogen) atoms. The van der Waals surface area contributed by atoms with Crippen LogP contribution in [0.2, 0.25) is 0 Å². The average molecular weight is 643 g/mol. The zero-order chi connectivity index (χ0) is 33.7. The molecule has 0 bridgehead atoms. The number of nitrogens with zero attached hydrogens (tertiary/aromatic N) is 4. The lowest BCUT2D eigenvalue weighted by Gasteiger charge is -2.64. The molecule has 11 heteroatoms. The lowest BCUT2D eigenvalue weighted by molar-refractivity contribution is -0.243. The molecule has 3 unspecified atom stereocenters. The normalized spacial score (nSPS) is 43.5. The van der Waals surface area contributed by atoms with E-state index < -0.39 is 40.8 Å². The predicted octanol–water partition coefficient (Wildman–Crippen LogP) is 8.41. The maximum atomic E-state index is 14.6. The van der Waals surface area contributed by atoms with Crippen LogP contribution >= 0.6 is 0 Å². The van der Waals surface area contributed by atoms with Gasteiger partial charge in [-0.2, -0.15) is 19.6 Å². The minimum absolute atomic E-state index is 0.0424. The Morgan fingerprint density at radius 1 is 0.978 bits per heavy atom. The first-order valence-electron chi connectivity index (χ1n) is 17.5. The van der Waals surface area contributed by atoms with Crippen LogP contribution in [-0.2, 0) is 14.3 Å². The van der Waals surface area contributed by atoms with E-state index in [9.17, 15) is 24.4 Å². The van der Waals surface area contributed by atoms with Crippen molar-refractivity contribution in [2.24, 2.45) is 60.1 Å². The minimum Gasteiger partial charge on any atom is -0.346 e. The summed E-state index contributed by atoms with van der Waals surface area (Å²) in [6.07, 6.45) is 9.40. The van der Waals surface area contributed by atoms with E-state index in [0.29, 0.717) is 24.5 Å². The van der Waals surface area contributed by atoms with E-state index in [1.54, 1.807) is 0 Å². The molecule has 3 saturated carbocycles. The molecule has 0 aromatic heterocycles. The second-order valence-corrected chi connectivity index (χ2v) is 17.0. The Kier molecular flexibility index (Phi) is 9.63. The summed E-state index contributed by atoms with van der Waals surface area (Å²) < 4.78 is 12.4. The van der Waals surface area contributed by atoms with Gasteiger partial charge in [0, 0.05) is 23.7 Å². The van der Waals surface area contributed by atoms with Crippen molar-refractivity contribution in [3.05, 3.63) is 31.3 Å². The van der Waals surface area contributed by atoms with Crippen molar-refractivity contribution in [2.45, 2.75) is 155 Å². The maximum absolute atomic E-state index is 14.6. The molecule has 4 aliphatic carbocycles. The summed E-state index contributed by atoms with van der Waals surface area (Å²) in [5, 5.41) is 12.5. The van der Waals surface area contributed by atoms with Gasteiger partial charge in [-0.1, -0.05) is 79.8 Å². The molecule has 11 nitrogen and oxygen atoms in total. The summed E-state index contributed by atoms with van der Waals surface area (Å²) in [6.45, 7) is 15.0. The smallest absolute Gasteiger partial charge is 0.186 e. The zero-order valence-corrected chi connectivity index (χ0v) is 28.8. The van der Waals surface area contributed by atoms with Gasteiger partial charge in [0.2, 0.25) is 0 Å². The minimum atomic E-state index is -1.10. The highest BCUT2D eigenvalue weighted by atomic mass is 16.7. The van der Waals surface area contributed by atoms with E-state index in [2.05, 4.69) is 61.4 Å². The van der Waals surface area contributed by atoms with E-state index in [4.69, 9.17) is 9.47 Å². The number of nitroso groups, excluding NO2 is 4. The molecule has 1 saturated heterocycles. The summed E-state index contributed by atoms with van der Waals surface area (Å²) in [5.41, 5.74) is -0.247. The van der Waals surface area contributed by atoms with Crippen molar-refractivity contribution in [3.63, 3.8) is 0 Å². The highest BCUT2D eigenvalue weighted by Gasteiger charge is 2.70. The van der Waals surface area contributed by atoms with Crippen molar-refractivity contribution < 1.29 is 14.3 Å². The van der Waals surface area contributed by atoms with Crippen LogP contribution in [0, 0.1) is 59.0 Å². The van der Waals surface area contributed by atoms with Gasteiger partial charge in [-0.15, -0.1) is 0 Å². The van der Waals surface area contributed by atoms with Gasteiger partial charge in [-0.25, -0.2) is 0 Å². The summed E-state index contributed by atoms with van der Waals surface area (Å²) >= 11 is 0. The first kappa shape index (κ1) is 35.0. The van der Waals surface area contributed by atoms with Gasteiger partial charge in [0.25, 0.3) is 0 Å². The first-order chi connectivity index (χ1) is 21.6. The standard InChI is InChI=1S/C35H54N4O7/c1-31(2,39-44)16-9-8-10-21-15-17-33(5)26-13-11-23-24(35(26,7)27(40)19-34(21,33)6)12-14-28(32(23,3)4)46-30-29(38-43)25(37-42)18-22(45-30)20-36-41/h11,21-22,24-26,28-30H,8-10,12-20H2,1-7H3/t21?,22-,24?,25-,26?,28-,29+,30-,33-,34+,35-/m0/s1. The second-order valence-electron chi connectivity index (χ2n) is 17.0. The van der Waals surface area contributed by atoms with Crippen molar-refractivity contribution in [2.75, 3.05) is 6.54 Å². The Morgan fingerprint density at radius 2 is 1.72 bits per heavy atom. The number of rotatable bonds is 12. The van der Waals surface area contributed by atoms with Crippen LogP contribution in [0.15, 0.2) is 32.4 Å². The highest BCUT2D eigenvalue weighted by Crippen LogP contribution is 2.73. The molecule has 0 radical (unpaired) electrons. The fraction of sp³-hybridized carbons (Fsp3) is 0.914. The fourth-order valence-electron chi connectivity index (χ4n) is 10.8. The van der Waals surface area contributed by atoms with Crippen molar-refractivity contribution >= 4 is 5.78 Å². The van der Waals surface area contributed by atoms with E-state index in [-0.39, 0.29) is 41.7 Å². The number of ketones is 1. The predicted molar refractivity (Wildman–Crippen MR) is 176 cm³/mol. The van der Waals surface area contributed by atoms with Crippen LogP contribution in [-0.4, -0.2) is 48.4 Å². The number of carbonyl (C=O) groups is 1. The third kappa shape index (κ3) is 5.55. The van der Waals surface area contributed by atoms with Crippen molar-refractivity contribution in [3.8, 4) is 0 Å². The Labute approximate surface area is 273 Å². The lowest BCUT2D eigenvalue weighted by Crippen LogP contribution is -2.63. The molecule has 11 atom stereocenters. The zero-order valence-electron chi connectivity index (χ0n) is 28.8. The second kappa shape index (κ2) is 12.6. The Balaban J connectivity index is 1.35. The molecule has 0 amide bonds. The Morgan fingerprint density at radius 3 is 2.37 bits per heavy atom. The van der Waals surface area contributed by atoms with Gasteiger partial charge in [0.15, 0.2) is 12.3 Å². The number of ether oxygens (including phenoxy) is 2. The van der Waals surface area contributed by atoms with Gasteiger partial charge >= 0.3 is 0 Å². The summed E-state index contributed by atoms with van der Waals surface area (Å²) in [7, 11) is 0. The molecule has 5 rings (SSSR count). The van der Waals surface area contributed by atoms with Crippen LogP contribution in [0.25, 0.3) is 0 Å². The van der Waals surface area contributed by atoms with E-state index in [0.717, 1.165) is 51.4 Å². The van der Waals surface area contributed by atoms with Crippen LogP contribution in [0.3, 0.4) is 0 Å². The van der Waals surface area contributed by atoms with E-state index in [1.807, 2.05) is 13.8 Å². The Hall–Kier alpha value is -2.27. The molecule has 4 fully saturated rings. The third-order valence-corrected chi connectivity index (χ3v) is 14.0. The molecule has 0 aromatic rings. The molecular weight excluding hydrogens is 588 g/mol. The molecule has 1 heterocycles. The molecule has 0 N–H and O–H groups in total. The van der Waals surface area contributed by atoms with E-state index in [1.165, 1.54) is 5.57 Å². The topological polar surface area (TPSA) is 153 Å². The quantitative estimate of drug-likeness (QED) is 0.118. The molecule has 256 valence electrons. The number of fused-ring (bicyclic) bond motifs is 5. The number of unbranched alkanes of at least 4 members (excludes halogenated alkanes) is 1. The summed E-state index contributed by atoms with van der Waals surface area (Å²) in [6, 6.07) is -2.04. The van der Waals surface area contributed by atoms with Gasteiger partial charge in [-0.3, -0.25) is 4.79 Å². The monoisotopic (exact) mass is 642 g/mol. The first-order valence-corrected chi connectivity index (χ1v) is 17.5. The van der Waals surface area contributed by atoms with Gasteiger partial charge in [-0.05, 0) is 87.4 Å². The van der Waals surface area contributed by atoms with Crippen LogP contribution in [0.4, 0.5) is 0 Å². The summed E-state index contributed by atoms with van der Waals surface area (Å²) in [4.78, 5) is 60.0. The number of allylic oxidation sites excluding steroid dienone is 1. The van der Waals surface area contributed by atoms with E-state index >= 15 is 0 Å². The van der Waals surface area contributed by atoms with Crippen LogP contribution in [0.1, 0.15) is 119 Å². The number of hydrogen-bond acceptors (Lipinski definition) is 11. The van der Waals surface area contributed by atoms with Gasteiger partial charge in [0.05, 0.1) is 17.7 Å². The fourth-order valence-corrected chi connectivity index (χ4v) is 10.8. The SMILES string of the molecule is CC(C)(CCCCC1CC[C@@]2(C)C3CC=C4C(CC[C@H](O[C@@H]5O[C@H](CN=O)C[C@H](N=O)[C@H]5N=O)C4(C)C)[C@]3(C)C(=O)C[C@]12C)N=O. The largest absolute Gasteiger partial charge is 0.346 e. The molecular formula is C35H54N4O7. The highest BCUT2D eigenvalue weighted by molar-refractivity contribution is 5.88. The molecule has 0 aromatic carbocycles. The number of carbonyl (C=O) groups excluding carboxylic acids is 1. The maximum Gasteiger partial charge on any atom is 0.186 e. The average Bonchev–Trinajstić information content (AvgIpc) is 3.26. The lowest BCUT2D eigenvalue weighted by atomic mass is 9.39. The third-order valence-electron chi connectivity index (χ3n) is 14.0. The Bertz CT molecular complexity index is 1250. The summed E-state index contributed by atoms with van der Waals surface area (Å²) in [5.74, 6) is 1.21. The molecule has 0 spiro atoms. The van der Waals surface area contributed by atoms with Crippen molar-refractivity contribution in [1.82, 2.24) is 0 Å². The molecule has 5 aliphatic rings. The molecule has 1 aliphatic heterocycles. The van der Waals surface area contributed by atoms with Crippen LogP contribution in [0.5, 0.6) is 0 Å². The van der Waals surface area contributed by atoms with Crippen LogP contribution < -0.4 is 0 Å². The number of hydrogen-bond donors (Lipinski definition) is 0. The van der Waals surface area contributed by atoms with Gasteiger partial charge < -0.3 is 9.47 Å². The van der Waals surface area contributed by atoms with Gasteiger partial charge in [0.1, 0.15) is 18.4 Å².